The Morgan fingerprint density at radius 2 is 1.82 bits per heavy atom. The van der Waals surface area contributed by atoms with Gasteiger partial charge in [-0.2, -0.15) is 0 Å². The number of ether oxygens (including phenoxy) is 2. The fraction of sp³-hybridized carbons (Fsp3) is 0.462. The third-order valence-electron chi connectivity index (χ3n) is 2.95. The minimum Gasteiger partial charge on any atom is -0.496 e. The Morgan fingerprint density at radius 3 is 2.29 bits per heavy atom. The molecule has 0 saturated carbocycles. The van der Waals surface area contributed by atoms with Crippen molar-refractivity contribution in [2.45, 2.75) is 26.1 Å². The summed E-state index contributed by atoms with van der Waals surface area (Å²) >= 11 is 6.09. The second-order valence-corrected chi connectivity index (χ2v) is 4.39. The summed E-state index contributed by atoms with van der Waals surface area (Å²) in [5.74, 6) is 0.388. The third-order valence-corrected chi connectivity index (χ3v) is 3.36. The van der Waals surface area contributed by atoms with E-state index in [2.05, 4.69) is 4.74 Å². The molecule has 0 fully saturated rings. The van der Waals surface area contributed by atoms with Crippen LogP contribution in [-0.2, 0) is 9.53 Å². The van der Waals surface area contributed by atoms with Crippen molar-refractivity contribution in [1.82, 2.24) is 0 Å². The Balaban J connectivity index is 3.32. The zero-order valence-corrected chi connectivity index (χ0v) is 11.5. The minimum absolute atomic E-state index is 0.446. The molecule has 0 radical (unpaired) electrons. The van der Waals surface area contributed by atoms with E-state index in [-0.39, 0.29) is 0 Å². The average molecular weight is 257 g/mol. The first kappa shape index (κ1) is 13.8. The normalized spacial score (nSPS) is 12.1. The van der Waals surface area contributed by atoms with Crippen LogP contribution < -0.4 is 4.74 Å². The summed E-state index contributed by atoms with van der Waals surface area (Å²) in [4.78, 5) is 11.5. The molecule has 1 atom stereocenters. The summed E-state index contributed by atoms with van der Waals surface area (Å²) in [6.07, 6.45) is 0. The van der Waals surface area contributed by atoms with Crippen molar-refractivity contribution in [2.24, 2.45) is 0 Å². The largest absolute Gasteiger partial charge is 0.496 e. The Labute approximate surface area is 107 Å². The van der Waals surface area contributed by atoms with Crippen molar-refractivity contribution in [3.8, 4) is 5.75 Å². The molecule has 0 spiro atoms. The molecular weight excluding hydrogens is 240 g/mol. The van der Waals surface area contributed by atoms with Gasteiger partial charge in [0.15, 0.2) is 5.38 Å². The molecule has 0 bridgehead atoms. The van der Waals surface area contributed by atoms with Gasteiger partial charge in [0, 0.05) is 0 Å². The highest BCUT2D eigenvalue weighted by Crippen LogP contribution is 2.34. The van der Waals surface area contributed by atoms with Crippen molar-refractivity contribution in [2.75, 3.05) is 14.2 Å². The van der Waals surface area contributed by atoms with Crippen LogP contribution in [0.2, 0.25) is 0 Å². The van der Waals surface area contributed by atoms with Gasteiger partial charge in [-0.3, -0.25) is 4.79 Å². The number of aryl methyl sites for hydroxylation is 1. The van der Waals surface area contributed by atoms with Crippen LogP contribution in [0.5, 0.6) is 5.75 Å². The molecule has 0 aliphatic heterocycles. The maximum absolute atomic E-state index is 11.5. The van der Waals surface area contributed by atoms with E-state index in [0.29, 0.717) is 0 Å². The summed E-state index contributed by atoms with van der Waals surface area (Å²) in [6.45, 7) is 5.80. The van der Waals surface area contributed by atoms with Crippen molar-refractivity contribution in [3.05, 3.63) is 28.3 Å². The second-order valence-electron chi connectivity index (χ2n) is 3.95. The lowest BCUT2D eigenvalue weighted by molar-refractivity contribution is -0.140. The van der Waals surface area contributed by atoms with Crippen LogP contribution in [-0.4, -0.2) is 20.2 Å². The monoisotopic (exact) mass is 256 g/mol. The summed E-state index contributed by atoms with van der Waals surface area (Å²) in [5, 5.41) is -0.775. The highest BCUT2D eigenvalue weighted by Gasteiger charge is 2.23. The van der Waals surface area contributed by atoms with E-state index < -0.39 is 11.3 Å². The topological polar surface area (TPSA) is 35.5 Å². The number of carbonyl (C=O) groups excluding carboxylic acids is 1. The number of carbonyl (C=O) groups is 1. The average Bonchev–Trinajstić information content (AvgIpc) is 2.32. The first-order valence-corrected chi connectivity index (χ1v) is 5.74. The first-order valence-electron chi connectivity index (χ1n) is 5.30. The molecule has 0 saturated heterocycles. The fourth-order valence-corrected chi connectivity index (χ4v) is 2.21. The van der Waals surface area contributed by atoms with Crippen molar-refractivity contribution in [3.63, 3.8) is 0 Å². The lowest BCUT2D eigenvalue weighted by atomic mass is 9.96. The highest BCUT2D eigenvalue weighted by molar-refractivity contribution is 6.30. The van der Waals surface area contributed by atoms with E-state index >= 15 is 0 Å². The van der Waals surface area contributed by atoms with Gasteiger partial charge in [0.05, 0.1) is 14.2 Å². The lowest BCUT2D eigenvalue weighted by Gasteiger charge is -2.17. The highest BCUT2D eigenvalue weighted by atomic mass is 35.5. The van der Waals surface area contributed by atoms with Crippen LogP contribution in [0.1, 0.15) is 27.6 Å². The van der Waals surface area contributed by atoms with Crippen LogP contribution in [0.3, 0.4) is 0 Å². The zero-order chi connectivity index (χ0) is 13.2. The Bertz CT molecular complexity index is 441. The van der Waals surface area contributed by atoms with E-state index in [4.69, 9.17) is 16.3 Å². The van der Waals surface area contributed by atoms with E-state index in [1.54, 1.807) is 7.11 Å². The molecular formula is C13H17ClO3. The first-order chi connectivity index (χ1) is 7.93. The zero-order valence-electron chi connectivity index (χ0n) is 10.8. The van der Waals surface area contributed by atoms with Gasteiger partial charge in [-0.25, -0.2) is 0 Å². The molecule has 0 N–H and O–H groups in total. The predicted molar refractivity (Wildman–Crippen MR) is 67.8 cm³/mol. The Morgan fingerprint density at radius 1 is 1.24 bits per heavy atom. The molecule has 17 heavy (non-hydrogen) atoms. The number of esters is 1. The van der Waals surface area contributed by atoms with Gasteiger partial charge in [-0.05, 0) is 43.0 Å². The smallest absolute Gasteiger partial charge is 0.328 e. The molecule has 94 valence electrons. The number of methoxy groups -OCH3 is 2. The maximum Gasteiger partial charge on any atom is 0.328 e. The number of halogens is 1. The van der Waals surface area contributed by atoms with Crippen molar-refractivity contribution < 1.29 is 14.3 Å². The summed E-state index contributed by atoms with van der Waals surface area (Å²) in [5.41, 5.74) is 3.68. The number of alkyl halides is 1. The molecule has 1 rings (SSSR count). The number of hydrogen-bond donors (Lipinski definition) is 0. The van der Waals surface area contributed by atoms with Gasteiger partial charge in [0.2, 0.25) is 0 Å². The summed E-state index contributed by atoms with van der Waals surface area (Å²) in [7, 11) is 2.96. The van der Waals surface area contributed by atoms with Crippen molar-refractivity contribution >= 4 is 17.6 Å². The number of rotatable bonds is 3. The van der Waals surface area contributed by atoms with Crippen LogP contribution in [0.15, 0.2) is 6.07 Å². The Hall–Kier alpha value is -1.22. The van der Waals surface area contributed by atoms with E-state index in [1.807, 2.05) is 26.8 Å². The molecule has 4 heteroatoms. The molecule has 3 nitrogen and oxygen atoms in total. The van der Waals surface area contributed by atoms with Gasteiger partial charge in [0.25, 0.3) is 0 Å². The van der Waals surface area contributed by atoms with E-state index in [0.717, 1.165) is 28.0 Å². The molecule has 0 aliphatic carbocycles. The van der Waals surface area contributed by atoms with Crippen LogP contribution in [0.25, 0.3) is 0 Å². The van der Waals surface area contributed by atoms with Gasteiger partial charge >= 0.3 is 5.97 Å². The van der Waals surface area contributed by atoms with Gasteiger partial charge in [-0.15, -0.1) is 11.6 Å². The van der Waals surface area contributed by atoms with Gasteiger partial charge < -0.3 is 9.47 Å². The van der Waals surface area contributed by atoms with Crippen LogP contribution >= 0.6 is 11.6 Å². The predicted octanol–water partition coefficient (Wildman–Crippen LogP) is 3.07. The van der Waals surface area contributed by atoms with E-state index in [9.17, 15) is 4.79 Å². The van der Waals surface area contributed by atoms with Crippen LogP contribution in [0.4, 0.5) is 0 Å². The van der Waals surface area contributed by atoms with E-state index in [1.165, 1.54) is 7.11 Å². The summed E-state index contributed by atoms with van der Waals surface area (Å²) < 4.78 is 9.97. The lowest BCUT2D eigenvalue weighted by Crippen LogP contribution is -2.11. The Kier molecular flexibility index (Phi) is 4.40. The second kappa shape index (κ2) is 5.41. The number of benzene rings is 1. The third kappa shape index (κ3) is 2.55. The molecule has 1 aromatic rings. The minimum atomic E-state index is -0.775. The standard InChI is InChI=1S/C13H17ClO3/c1-7-6-10(11(14)13(15)17-5)8(2)9(3)12(7)16-4/h6,11H,1-5H3. The van der Waals surface area contributed by atoms with Crippen LogP contribution in [0, 0.1) is 20.8 Å². The van der Waals surface area contributed by atoms with Gasteiger partial charge in [0.1, 0.15) is 5.75 Å². The fourth-order valence-electron chi connectivity index (χ4n) is 1.90. The molecule has 1 aromatic carbocycles. The quantitative estimate of drug-likeness (QED) is 0.616. The molecule has 0 aromatic heterocycles. The van der Waals surface area contributed by atoms with Gasteiger partial charge in [-0.1, -0.05) is 6.07 Å². The molecule has 0 aliphatic rings. The maximum atomic E-state index is 11.5. The SMILES string of the molecule is COC(=O)C(Cl)c1cc(C)c(OC)c(C)c1C. The number of hydrogen-bond acceptors (Lipinski definition) is 3. The van der Waals surface area contributed by atoms with Crippen molar-refractivity contribution in [1.29, 1.82) is 0 Å². The summed E-state index contributed by atoms with van der Waals surface area (Å²) in [6, 6.07) is 1.87. The molecule has 1 unspecified atom stereocenters. The molecule has 0 heterocycles. The molecule has 0 amide bonds.